The minimum atomic E-state index is -0.181. The molecule has 0 amide bonds. The zero-order valence-electron chi connectivity index (χ0n) is 17.3. The second-order valence-electron chi connectivity index (χ2n) is 9.91. The van der Waals surface area contributed by atoms with Crippen LogP contribution < -0.4 is 0 Å². The molecule has 3 aliphatic carbocycles. The van der Waals surface area contributed by atoms with Gasteiger partial charge in [0, 0.05) is 18.1 Å². The largest absolute Gasteiger partial charge is 0.507 e. The maximum absolute atomic E-state index is 10.8. The number of phenolic OH excluding ortho intramolecular Hbond substituents is 1. The Kier molecular flexibility index (Phi) is 4.73. The molecule has 0 spiro atoms. The Morgan fingerprint density at radius 2 is 1.62 bits per heavy atom. The Hall–Kier alpha value is -1.06. The van der Waals surface area contributed by atoms with E-state index in [9.17, 15) is 10.2 Å². The molecule has 1 aromatic carbocycles. The molecule has 5 atom stereocenters. The molecule has 4 rings (SSSR count). The van der Waals surface area contributed by atoms with Crippen molar-refractivity contribution >= 4 is 0 Å². The van der Waals surface area contributed by atoms with Crippen molar-refractivity contribution in [3.8, 4) is 5.75 Å². The molecular formula is C23H36O3. The summed E-state index contributed by atoms with van der Waals surface area (Å²) >= 11 is 0. The van der Waals surface area contributed by atoms with Crippen LogP contribution in [0.4, 0.5) is 0 Å². The first kappa shape index (κ1) is 19.7. The van der Waals surface area contributed by atoms with Crippen molar-refractivity contribution in [3.63, 3.8) is 0 Å². The number of aryl methyl sites for hydroxylation is 1. The highest BCUT2D eigenvalue weighted by Crippen LogP contribution is 2.68. The zero-order chi connectivity index (χ0) is 19.5. The average molecular weight is 361 g/mol. The van der Waals surface area contributed by atoms with Gasteiger partial charge in [-0.1, -0.05) is 39.8 Å². The molecule has 26 heavy (non-hydrogen) atoms. The summed E-state index contributed by atoms with van der Waals surface area (Å²) in [6.45, 7) is 11.4. The van der Waals surface area contributed by atoms with Crippen molar-refractivity contribution in [1.29, 1.82) is 0 Å². The fraction of sp³-hybridized carbons (Fsp3) is 0.739. The number of aromatic hydroxyl groups is 1. The lowest BCUT2D eigenvalue weighted by Gasteiger charge is -2.62. The van der Waals surface area contributed by atoms with Crippen LogP contribution in [0.1, 0.15) is 70.1 Å². The van der Waals surface area contributed by atoms with E-state index in [0.717, 1.165) is 44.8 Å². The minimum Gasteiger partial charge on any atom is -0.507 e. The Labute approximate surface area is 158 Å². The van der Waals surface area contributed by atoms with Gasteiger partial charge in [0.2, 0.25) is 0 Å². The molecule has 0 bridgehead atoms. The summed E-state index contributed by atoms with van der Waals surface area (Å²) in [5.41, 5.74) is 3.90. The number of rotatable bonds is 0. The summed E-state index contributed by atoms with van der Waals surface area (Å²) in [5, 5.41) is 28.4. The highest BCUT2D eigenvalue weighted by molar-refractivity contribution is 5.54. The van der Waals surface area contributed by atoms with Gasteiger partial charge in [0.25, 0.3) is 0 Å². The molecule has 0 unspecified atom stereocenters. The number of hydrogen-bond acceptors (Lipinski definition) is 3. The van der Waals surface area contributed by atoms with Crippen molar-refractivity contribution in [2.45, 2.75) is 78.2 Å². The van der Waals surface area contributed by atoms with Gasteiger partial charge in [0.15, 0.2) is 0 Å². The number of benzene rings is 1. The third kappa shape index (κ3) is 2.39. The summed E-state index contributed by atoms with van der Waals surface area (Å²) < 4.78 is 0. The lowest BCUT2D eigenvalue weighted by atomic mass is 9.43. The molecule has 3 aliphatic rings. The van der Waals surface area contributed by atoms with Gasteiger partial charge in [-0.2, -0.15) is 0 Å². The first-order valence-corrected chi connectivity index (χ1v) is 10.1. The third-order valence-corrected chi connectivity index (χ3v) is 8.49. The van der Waals surface area contributed by atoms with Crippen molar-refractivity contribution in [1.82, 2.24) is 0 Å². The number of hydrogen-bond donors (Lipinski definition) is 3. The Balaban J connectivity index is 0.000000948. The van der Waals surface area contributed by atoms with E-state index in [0.29, 0.717) is 17.6 Å². The minimum absolute atomic E-state index is 0.0128. The smallest absolute Gasteiger partial charge is 0.122 e. The van der Waals surface area contributed by atoms with Crippen molar-refractivity contribution in [3.05, 3.63) is 28.8 Å². The first-order valence-electron chi connectivity index (χ1n) is 10.1. The molecule has 1 aromatic rings. The van der Waals surface area contributed by atoms with Crippen LogP contribution in [0.2, 0.25) is 0 Å². The SMILES string of the molecule is CO.Cc1ccc2c(c1O)[C@@]1(C)CC[C@H]3C(C)(C)[C@@H](O)CC[C@]3(C)[C@H]1C2. The standard InChI is InChI=1S/C22H32O2.CH4O/c1-13-6-7-14-12-16-21(4)11-9-17(23)20(2,3)15(21)8-10-22(16,5)18(14)19(13)24;1-2/h6-7,15-17,23-24H,8-12H2,1-5H3;2H,1H3/t15-,16+,17-,21-,22-;/m0./s1. The van der Waals surface area contributed by atoms with Gasteiger partial charge in [-0.3, -0.25) is 0 Å². The number of fused-ring (bicyclic) bond motifs is 5. The second kappa shape index (κ2) is 6.24. The molecular weight excluding hydrogens is 324 g/mol. The molecule has 146 valence electrons. The Morgan fingerprint density at radius 1 is 0.962 bits per heavy atom. The van der Waals surface area contributed by atoms with Gasteiger partial charge in [-0.05, 0) is 72.8 Å². The molecule has 3 N–H and O–H groups in total. The van der Waals surface area contributed by atoms with E-state index in [-0.39, 0.29) is 22.3 Å². The van der Waals surface area contributed by atoms with Crippen molar-refractivity contribution in [2.75, 3.05) is 7.11 Å². The van der Waals surface area contributed by atoms with Gasteiger partial charge in [-0.15, -0.1) is 0 Å². The molecule has 0 saturated heterocycles. The molecule has 2 fully saturated rings. The molecule has 0 aliphatic heterocycles. The van der Waals surface area contributed by atoms with E-state index in [4.69, 9.17) is 5.11 Å². The number of phenols is 1. The van der Waals surface area contributed by atoms with Crippen molar-refractivity contribution in [2.24, 2.45) is 22.7 Å². The quantitative estimate of drug-likeness (QED) is 0.645. The van der Waals surface area contributed by atoms with E-state index < -0.39 is 0 Å². The fourth-order valence-electron chi connectivity index (χ4n) is 7.06. The molecule has 0 radical (unpaired) electrons. The van der Waals surface area contributed by atoms with Gasteiger partial charge < -0.3 is 15.3 Å². The molecule has 0 heterocycles. The predicted octanol–water partition coefficient (Wildman–Crippen LogP) is 4.34. The first-order chi connectivity index (χ1) is 12.1. The lowest BCUT2D eigenvalue weighted by molar-refractivity contribution is -0.151. The van der Waals surface area contributed by atoms with E-state index in [1.807, 2.05) is 6.92 Å². The van der Waals surface area contributed by atoms with Crippen LogP contribution in [0.25, 0.3) is 0 Å². The maximum Gasteiger partial charge on any atom is 0.122 e. The van der Waals surface area contributed by atoms with Crippen LogP contribution >= 0.6 is 0 Å². The van der Waals surface area contributed by atoms with Crippen LogP contribution in [0.15, 0.2) is 12.1 Å². The van der Waals surface area contributed by atoms with Crippen LogP contribution in [0, 0.1) is 29.6 Å². The lowest BCUT2D eigenvalue weighted by Crippen LogP contribution is -2.58. The number of aliphatic hydroxyl groups excluding tert-OH is 2. The normalized spacial score (nSPS) is 39.9. The van der Waals surface area contributed by atoms with E-state index in [1.54, 1.807) is 0 Å². The van der Waals surface area contributed by atoms with E-state index in [1.165, 1.54) is 11.1 Å². The number of aliphatic hydroxyl groups is 2. The van der Waals surface area contributed by atoms with Gasteiger partial charge in [0.05, 0.1) is 6.10 Å². The summed E-state index contributed by atoms with van der Waals surface area (Å²) in [5.74, 6) is 1.66. The second-order valence-corrected chi connectivity index (χ2v) is 9.91. The molecule has 3 nitrogen and oxygen atoms in total. The van der Waals surface area contributed by atoms with Crippen molar-refractivity contribution < 1.29 is 15.3 Å². The summed E-state index contributed by atoms with van der Waals surface area (Å²) in [7, 11) is 1.00. The Bertz CT molecular complexity index is 695. The molecule has 3 heteroatoms. The zero-order valence-corrected chi connectivity index (χ0v) is 17.3. The topological polar surface area (TPSA) is 60.7 Å². The molecule has 2 saturated carbocycles. The summed E-state index contributed by atoms with van der Waals surface area (Å²) in [6, 6.07) is 4.32. The fourth-order valence-corrected chi connectivity index (χ4v) is 7.06. The Morgan fingerprint density at radius 3 is 2.27 bits per heavy atom. The van der Waals surface area contributed by atoms with Crippen LogP contribution in [-0.2, 0) is 11.8 Å². The summed E-state index contributed by atoms with van der Waals surface area (Å²) in [4.78, 5) is 0. The molecule has 0 aromatic heterocycles. The third-order valence-electron chi connectivity index (χ3n) is 8.49. The highest BCUT2D eigenvalue weighted by atomic mass is 16.3. The van der Waals surface area contributed by atoms with Gasteiger partial charge >= 0.3 is 0 Å². The van der Waals surface area contributed by atoms with Gasteiger partial charge in [-0.25, -0.2) is 0 Å². The van der Waals surface area contributed by atoms with E-state index >= 15 is 0 Å². The highest BCUT2D eigenvalue weighted by Gasteiger charge is 2.63. The average Bonchev–Trinajstić information content (AvgIpc) is 2.91. The maximum atomic E-state index is 10.8. The summed E-state index contributed by atoms with van der Waals surface area (Å²) in [6.07, 6.45) is 5.20. The van der Waals surface area contributed by atoms with Crippen LogP contribution in [-0.4, -0.2) is 28.5 Å². The monoisotopic (exact) mass is 360 g/mol. The van der Waals surface area contributed by atoms with E-state index in [2.05, 4.69) is 39.8 Å². The van der Waals surface area contributed by atoms with Crippen LogP contribution in [0.3, 0.4) is 0 Å². The van der Waals surface area contributed by atoms with Gasteiger partial charge in [0.1, 0.15) is 5.75 Å². The predicted molar refractivity (Wildman–Crippen MR) is 105 cm³/mol. The van der Waals surface area contributed by atoms with Crippen LogP contribution in [0.5, 0.6) is 5.75 Å².